The van der Waals surface area contributed by atoms with Gasteiger partial charge in [-0.15, -0.1) is 0 Å². The van der Waals surface area contributed by atoms with E-state index in [4.69, 9.17) is 5.73 Å². The Morgan fingerprint density at radius 3 is 2.57 bits per heavy atom. The molecule has 0 atom stereocenters. The average Bonchev–Trinajstić information content (AvgIpc) is 2.83. The van der Waals surface area contributed by atoms with Crippen molar-refractivity contribution in [3.05, 3.63) is 6.20 Å². The Balaban J connectivity index is 2.09. The third-order valence-electron chi connectivity index (χ3n) is 4.12. The third kappa shape index (κ3) is 3.56. The van der Waals surface area contributed by atoms with Crippen molar-refractivity contribution < 1.29 is 8.42 Å². The summed E-state index contributed by atoms with van der Waals surface area (Å²) >= 11 is 0. The van der Waals surface area contributed by atoms with E-state index in [1.807, 2.05) is 6.92 Å². The summed E-state index contributed by atoms with van der Waals surface area (Å²) in [7, 11) is 0.155. The van der Waals surface area contributed by atoms with Crippen molar-refractivity contribution in [2.24, 2.45) is 5.92 Å². The minimum Gasteiger partial charge on any atom is -0.381 e. The highest BCUT2D eigenvalue weighted by molar-refractivity contribution is 7.89. The predicted octanol–water partition coefficient (Wildman–Crippen LogP) is 0.448. The SMILES string of the molecule is CCn1cc(S(=O)(=O)N(C)CC2CCN(C)CC2)c(N)n1. The number of nitrogens with zero attached hydrogens (tertiary/aromatic N) is 4. The molecule has 2 N–H and O–H groups in total. The summed E-state index contributed by atoms with van der Waals surface area (Å²) in [6.45, 7) is 5.07. The number of piperidine rings is 1. The van der Waals surface area contributed by atoms with Gasteiger partial charge in [-0.3, -0.25) is 4.68 Å². The number of hydrogen-bond acceptors (Lipinski definition) is 5. The van der Waals surface area contributed by atoms with Crippen LogP contribution in [-0.4, -0.2) is 61.1 Å². The van der Waals surface area contributed by atoms with Crippen molar-refractivity contribution in [3.63, 3.8) is 0 Å². The van der Waals surface area contributed by atoms with Crippen molar-refractivity contribution >= 4 is 15.8 Å². The van der Waals surface area contributed by atoms with Gasteiger partial charge in [0.1, 0.15) is 4.90 Å². The molecular formula is C13H25N5O2S. The smallest absolute Gasteiger partial charge is 0.248 e. The lowest BCUT2D eigenvalue weighted by molar-refractivity contribution is 0.202. The highest BCUT2D eigenvalue weighted by Crippen LogP contribution is 2.23. The molecule has 8 heteroatoms. The number of hydrogen-bond donors (Lipinski definition) is 1. The van der Waals surface area contributed by atoms with Crippen LogP contribution in [0.25, 0.3) is 0 Å². The molecule has 0 aromatic carbocycles. The molecule has 0 bridgehead atoms. The van der Waals surface area contributed by atoms with E-state index in [0.717, 1.165) is 25.9 Å². The predicted molar refractivity (Wildman–Crippen MR) is 82.4 cm³/mol. The first kappa shape index (κ1) is 16.3. The summed E-state index contributed by atoms with van der Waals surface area (Å²) in [5.74, 6) is 0.482. The van der Waals surface area contributed by atoms with E-state index < -0.39 is 10.0 Å². The molecule has 0 spiro atoms. The number of sulfonamides is 1. The maximum Gasteiger partial charge on any atom is 0.248 e. The Labute approximate surface area is 126 Å². The van der Waals surface area contributed by atoms with Crippen LogP contribution in [0.5, 0.6) is 0 Å². The fourth-order valence-corrected chi connectivity index (χ4v) is 3.96. The normalized spacial score (nSPS) is 18.5. The van der Waals surface area contributed by atoms with E-state index in [1.165, 1.54) is 10.5 Å². The number of aryl methyl sites for hydroxylation is 1. The monoisotopic (exact) mass is 315 g/mol. The number of nitrogen functional groups attached to an aromatic ring is 1. The zero-order chi connectivity index (χ0) is 15.6. The maximum absolute atomic E-state index is 12.6. The van der Waals surface area contributed by atoms with E-state index in [0.29, 0.717) is 19.0 Å². The molecule has 120 valence electrons. The molecule has 1 fully saturated rings. The third-order valence-corrected chi connectivity index (χ3v) is 5.96. The highest BCUT2D eigenvalue weighted by atomic mass is 32.2. The Hall–Kier alpha value is -1.12. The Morgan fingerprint density at radius 2 is 2.05 bits per heavy atom. The van der Waals surface area contributed by atoms with Gasteiger partial charge in [-0.1, -0.05) is 0 Å². The van der Waals surface area contributed by atoms with Crippen molar-refractivity contribution in [2.75, 3.05) is 39.5 Å². The lowest BCUT2D eigenvalue weighted by Gasteiger charge is -2.31. The van der Waals surface area contributed by atoms with Crippen LogP contribution in [0, 0.1) is 5.92 Å². The summed E-state index contributed by atoms with van der Waals surface area (Å²) in [5, 5.41) is 4.02. The van der Waals surface area contributed by atoms with Gasteiger partial charge < -0.3 is 10.6 Å². The molecule has 2 rings (SSSR count). The van der Waals surface area contributed by atoms with E-state index in [2.05, 4.69) is 17.0 Å². The highest BCUT2D eigenvalue weighted by Gasteiger charge is 2.28. The number of aromatic nitrogens is 2. The summed E-state index contributed by atoms with van der Waals surface area (Å²) in [4.78, 5) is 2.38. The van der Waals surface area contributed by atoms with Gasteiger partial charge in [-0.25, -0.2) is 12.7 Å². The van der Waals surface area contributed by atoms with Crippen LogP contribution in [-0.2, 0) is 16.6 Å². The van der Waals surface area contributed by atoms with Crippen molar-refractivity contribution in [1.29, 1.82) is 0 Å². The minimum absolute atomic E-state index is 0.0760. The van der Waals surface area contributed by atoms with Crippen LogP contribution < -0.4 is 5.73 Å². The molecule has 7 nitrogen and oxygen atoms in total. The Bertz CT molecular complexity index is 575. The molecule has 0 saturated carbocycles. The Morgan fingerprint density at radius 1 is 1.43 bits per heavy atom. The Kier molecular flexibility index (Phi) is 4.90. The molecular weight excluding hydrogens is 290 g/mol. The first-order valence-electron chi connectivity index (χ1n) is 7.32. The first-order valence-corrected chi connectivity index (χ1v) is 8.76. The summed E-state index contributed by atoms with van der Waals surface area (Å²) in [6.07, 6.45) is 3.57. The van der Waals surface area contributed by atoms with Crippen LogP contribution in [0.2, 0.25) is 0 Å². The van der Waals surface area contributed by atoms with Crippen molar-refractivity contribution in [3.8, 4) is 0 Å². The number of anilines is 1. The molecule has 0 amide bonds. The van der Waals surface area contributed by atoms with Gasteiger partial charge in [0.05, 0.1) is 0 Å². The van der Waals surface area contributed by atoms with Gasteiger partial charge in [-0.2, -0.15) is 5.10 Å². The summed E-state index contributed by atoms with van der Waals surface area (Å²) in [6, 6.07) is 0. The lowest BCUT2D eigenvalue weighted by Crippen LogP contribution is -2.38. The molecule has 1 aromatic rings. The standard InChI is InChI=1S/C13H25N5O2S/c1-4-18-10-12(13(14)15-18)21(19,20)17(3)9-11-5-7-16(2)8-6-11/h10-11H,4-9H2,1-3H3,(H2,14,15). The molecule has 1 aliphatic heterocycles. The van der Waals surface area contributed by atoms with E-state index in [1.54, 1.807) is 11.7 Å². The summed E-state index contributed by atoms with van der Waals surface area (Å²) < 4.78 is 28.2. The topological polar surface area (TPSA) is 84.5 Å². The van der Waals surface area contributed by atoms with Crippen LogP contribution >= 0.6 is 0 Å². The quantitative estimate of drug-likeness (QED) is 0.852. The molecule has 0 radical (unpaired) electrons. The molecule has 21 heavy (non-hydrogen) atoms. The van der Waals surface area contributed by atoms with Crippen LogP contribution in [0.1, 0.15) is 19.8 Å². The van der Waals surface area contributed by atoms with Gasteiger partial charge in [0.2, 0.25) is 10.0 Å². The van der Waals surface area contributed by atoms with Crippen LogP contribution in [0.15, 0.2) is 11.1 Å². The van der Waals surface area contributed by atoms with Gasteiger partial charge in [0.25, 0.3) is 0 Å². The molecule has 1 aromatic heterocycles. The lowest BCUT2D eigenvalue weighted by atomic mass is 9.97. The molecule has 0 unspecified atom stereocenters. The van der Waals surface area contributed by atoms with Crippen molar-refractivity contribution in [1.82, 2.24) is 19.0 Å². The van der Waals surface area contributed by atoms with Gasteiger partial charge in [0.15, 0.2) is 5.82 Å². The van der Waals surface area contributed by atoms with Crippen LogP contribution in [0.4, 0.5) is 5.82 Å². The summed E-state index contributed by atoms with van der Waals surface area (Å²) in [5.41, 5.74) is 5.75. The number of rotatable bonds is 5. The zero-order valence-electron chi connectivity index (χ0n) is 13.0. The zero-order valence-corrected chi connectivity index (χ0v) is 13.8. The second-order valence-electron chi connectivity index (χ2n) is 5.77. The minimum atomic E-state index is -3.56. The second kappa shape index (κ2) is 6.33. The fraction of sp³-hybridized carbons (Fsp3) is 0.769. The van der Waals surface area contributed by atoms with Gasteiger partial charge >= 0.3 is 0 Å². The second-order valence-corrected chi connectivity index (χ2v) is 7.78. The van der Waals surface area contributed by atoms with Crippen molar-refractivity contribution in [2.45, 2.75) is 31.2 Å². The number of nitrogens with two attached hydrogens (primary N) is 1. The molecule has 1 saturated heterocycles. The van der Waals surface area contributed by atoms with Gasteiger partial charge in [0, 0.05) is 26.3 Å². The maximum atomic E-state index is 12.6. The van der Waals surface area contributed by atoms with E-state index >= 15 is 0 Å². The van der Waals surface area contributed by atoms with E-state index in [-0.39, 0.29) is 10.7 Å². The fourth-order valence-electron chi connectivity index (χ4n) is 2.65. The molecule has 0 aliphatic carbocycles. The largest absolute Gasteiger partial charge is 0.381 e. The molecule has 1 aliphatic rings. The first-order chi connectivity index (χ1) is 9.84. The van der Waals surface area contributed by atoms with E-state index in [9.17, 15) is 8.42 Å². The number of likely N-dealkylation sites (tertiary alicyclic amines) is 1. The average molecular weight is 315 g/mol. The van der Waals surface area contributed by atoms with Crippen LogP contribution in [0.3, 0.4) is 0 Å². The molecule has 2 heterocycles. The van der Waals surface area contributed by atoms with Gasteiger partial charge in [-0.05, 0) is 45.8 Å².